The molecule has 0 bridgehead atoms. The van der Waals surface area contributed by atoms with E-state index < -0.39 is 10.7 Å². The second-order valence-corrected chi connectivity index (χ2v) is 4.75. The van der Waals surface area contributed by atoms with Gasteiger partial charge in [0, 0.05) is 28.9 Å². The lowest BCUT2D eigenvalue weighted by atomic mass is 10.1. The third kappa shape index (κ3) is 3.24. The first-order chi connectivity index (χ1) is 9.47. The molecule has 0 atom stereocenters. The number of aryl methyl sites for hydroxylation is 1. The number of halogens is 2. The second-order valence-electron chi connectivity index (χ2n) is 4.35. The number of nitro benzene ring substituents is 1. The smallest absolute Gasteiger partial charge is 0.274 e. The van der Waals surface area contributed by atoms with Crippen LogP contribution in [0.3, 0.4) is 0 Å². The Morgan fingerprint density at radius 2 is 2.05 bits per heavy atom. The number of rotatable bonds is 4. The molecule has 0 saturated heterocycles. The molecule has 2 aromatic rings. The van der Waals surface area contributed by atoms with Crippen molar-refractivity contribution in [1.82, 2.24) is 0 Å². The fourth-order valence-corrected chi connectivity index (χ4v) is 2.01. The number of nitro groups is 1. The molecule has 0 aliphatic heterocycles. The van der Waals surface area contributed by atoms with Crippen molar-refractivity contribution in [3.8, 4) is 0 Å². The van der Waals surface area contributed by atoms with Crippen molar-refractivity contribution < 1.29 is 9.31 Å². The first-order valence-electron chi connectivity index (χ1n) is 5.90. The highest BCUT2D eigenvalue weighted by Gasteiger charge is 2.11. The predicted octanol–water partition coefficient (Wildman–Crippen LogP) is 4.31. The Labute approximate surface area is 120 Å². The van der Waals surface area contributed by atoms with Gasteiger partial charge < -0.3 is 5.32 Å². The molecular weight excluding hydrogens is 283 g/mol. The number of nitrogens with one attached hydrogen (secondary N) is 1. The van der Waals surface area contributed by atoms with Gasteiger partial charge in [-0.3, -0.25) is 10.1 Å². The molecule has 0 aromatic heterocycles. The van der Waals surface area contributed by atoms with E-state index in [9.17, 15) is 14.5 Å². The Hall–Kier alpha value is -2.14. The Morgan fingerprint density at radius 3 is 2.70 bits per heavy atom. The molecule has 4 nitrogen and oxygen atoms in total. The van der Waals surface area contributed by atoms with Gasteiger partial charge in [-0.25, -0.2) is 4.39 Å². The van der Waals surface area contributed by atoms with E-state index in [1.165, 1.54) is 18.2 Å². The molecule has 0 aliphatic carbocycles. The minimum absolute atomic E-state index is 0.0557. The fourth-order valence-electron chi connectivity index (χ4n) is 1.78. The summed E-state index contributed by atoms with van der Waals surface area (Å²) < 4.78 is 12.9. The summed E-state index contributed by atoms with van der Waals surface area (Å²) in [6.45, 7) is 2.04. The van der Waals surface area contributed by atoms with E-state index in [2.05, 4.69) is 5.32 Å². The summed E-state index contributed by atoms with van der Waals surface area (Å²) in [4.78, 5) is 10.4. The molecular formula is C14H12ClFN2O2. The molecule has 1 N–H and O–H groups in total. The van der Waals surface area contributed by atoms with Gasteiger partial charge in [0.15, 0.2) is 0 Å². The van der Waals surface area contributed by atoms with Gasteiger partial charge in [-0.2, -0.15) is 0 Å². The fraction of sp³-hybridized carbons (Fsp3) is 0.143. The molecule has 0 unspecified atom stereocenters. The zero-order valence-electron chi connectivity index (χ0n) is 10.7. The number of hydrogen-bond donors (Lipinski definition) is 1. The third-order valence-corrected chi connectivity index (χ3v) is 3.26. The summed E-state index contributed by atoms with van der Waals surface area (Å²) in [6.07, 6.45) is 0. The van der Waals surface area contributed by atoms with Crippen LogP contribution in [-0.4, -0.2) is 4.92 Å². The molecule has 2 aromatic carbocycles. The highest BCUT2D eigenvalue weighted by atomic mass is 35.5. The zero-order chi connectivity index (χ0) is 14.7. The van der Waals surface area contributed by atoms with Gasteiger partial charge in [-0.15, -0.1) is 0 Å². The van der Waals surface area contributed by atoms with E-state index in [1.807, 2.05) is 0 Å². The van der Waals surface area contributed by atoms with Gasteiger partial charge in [0.2, 0.25) is 0 Å². The van der Waals surface area contributed by atoms with Gasteiger partial charge in [0.1, 0.15) is 5.82 Å². The average molecular weight is 295 g/mol. The highest BCUT2D eigenvalue weighted by molar-refractivity contribution is 6.31. The first-order valence-corrected chi connectivity index (χ1v) is 6.28. The molecule has 0 amide bonds. The minimum Gasteiger partial charge on any atom is -0.381 e. The van der Waals surface area contributed by atoms with Crippen molar-refractivity contribution in [2.24, 2.45) is 0 Å². The summed E-state index contributed by atoms with van der Waals surface area (Å²) in [5.74, 6) is -0.398. The molecule has 0 saturated carbocycles. The molecule has 6 heteroatoms. The van der Waals surface area contributed by atoms with Crippen LogP contribution in [-0.2, 0) is 6.54 Å². The van der Waals surface area contributed by atoms with E-state index in [-0.39, 0.29) is 5.69 Å². The van der Waals surface area contributed by atoms with Crippen molar-refractivity contribution in [3.63, 3.8) is 0 Å². The van der Waals surface area contributed by atoms with Crippen molar-refractivity contribution in [2.75, 3.05) is 5.32 Å². The van der Waals surface area contributed by atoms with Crippen molar-refractivity contribution >= 4 is 23.0 Å². The average Bonchev–Trinajstić information content (AvgIpc) is 2.39. The highest BCUT2D eigenvalue weighted by Crippen LogP contribution is 2.24. The minimum atomic E-state index is -0.425. The lowest BCUT2D eigenvalue weighted by Gasteiger charge is -2.09. The molecule has 0 aliphatic rings. The number of nitrogens with zero attached hydrogens (tertiary/aromatic N) is 1. The molecule has 0 radical (unpaired) electrons. The molecule has 104 valence electrons. The normalized spacial score (nSPS) is 10.3. The van der Waals surface area contributed by atoms with Gasteiger partial charge in [-0.05, 0) is 30.7 Å². The number of benzene rings is 2. The summed E-state index contributed by atoms with van der Waals surface area (Å²) >= 11 is 5.91. The topological polar surface area (TPSA) is 55.2 Å². The molecule has 0 heterocycles. The van der Waals surface area contributed by atoms with Gasteiger partial charge >= 0.3 is 0 Å². The Balaban J connectivity index is 2.15. The standard InChI is InChI=1S/C14H12ClFN2O2/c1-9-2-5-12(7-14(9)18(19)20)17-8-10-3-4-11(16)6-13(10)15/h2-7,17H,8H2,1H3. The maximum atomic E-state index is 12.9. The Kier molecular flexibility index (Phi) is 4.20. The van der Waals surface area contributed by atoms with Crippen molar-refractivity contribution in [1.29, 1.82) is 0 Å². The van der Waals surface area contributed by atoms with E-state index in [4.69, 9.17) is 11.6 Å². The number of anilines is 1. The summed E-state index contributed by atoms with van der Waals surface area (Å²) in [7, 11) is 0. The van der Waals surface area contributed by atoms with Crippen LogP contribution in [0.25, 0.3) is 0 Å². The van der Waals surface area contributed by atoms with Crippen LogP contribution in [0.2, 0.25) is 5.02 Å². The van der Waals surface area contributed by atoms with Crippen LogP contribution < -0.4 is 5.32 Å². The Bertz CT molecular complexity index is 662. The second kappa shape index (κ2) is 5.88. The monoisotopic (exact) mass is 294 g/mol. The molecule has 20 heavy (non-hydrogen) atoms. The molecule has 0 spiro atoms. The molecule has 0 fully saturated rings. The van der Waals surface area contributed by atoms with Crippen LogP contribution in [0.15, 0.2) is 36.4 Å². The maximum absolute atomic E-state index is 12.9. The van der Waals surface area contributed by atoms with E-state index in [0.29, 0.717) is 22.8 Å². The molecule has 2 rings (SSSR count). The van der Waals surface area contributed by atoms with Crippen LogP contribution in [0.4, 0.5) is 15.8 Å². The SMILES string of the molecule is Cc1ccc(NCc2ccc(F)cc2Cl)cc1[N+](=O)[O-]. The van der Waals surface area contributed by atoms with Gasteiger partial charge in [-0.1, -0.05) is 23.7 Å². The summed E-state index contributed by atoms with van der Waals surface area (Å²) in [5, 5.41) is 14.2. The van der Waals surface area contributed by atoms with E-state index in [1.54, 1.807) is 25.1 Å². The summed E-state index contributed by atoms with van der Waals surface area (Å²) in [6, 6.07) is 9.02. The third-order valence-electron chi connectivity index (χ3n) is 2.90. The van der Waals surface area contributed by atoms with Crippen molar-refractivity contribution in [2.45, 2.75) is 13.5 Å². The van der Waals surface area contributed by atoms with Gasteiger partial charge in [0.25, 0.3) is 5.69 Å². The quantitative estimate of drug-likeness (QED) is 0.675. The largest absolute Gasteiger partial charge is 0.381 e. The number of hydrogen-bond acceptors (Lipinski definition) is 3. The zero-order valence-corrected chi connectivity index (χ0v) is 11.4. The van der Waals surface area contributed by atoms with Crippen molar-refractivity contribution in [3.05, 3.63) is 68.5 Å². The van der Waals surface area contributed by atoms with Crippen LogP contribution >= 0.6 is 11.6 Å². The van der Waals surface area contributed by atoms with Crippen LogP contribution in [0.5, 0.6) is 0 Å². The van der Waals surface area contributed by atoms with E-state index >= 15 is 0 Å². The van der Waals surface area contributed by atoms with E-state index in [0.717, 1.165) is 5.56 Å². The Morgan fingerprint density at radius 1 is 1.30 bits per heavy atom. The van der Waals surface area contributed by atoms with Crippen LogP contribution in [0, 0.1) is 22.9 Å². The lowest BCUT2D eigenvalue weighted by Crippen LogP contribution is -2.01. The first kappa shape index (κ1) is 14.3. The van der Waals surface area contributed by atoms with Gasteiger partial charge in [0.05, 0.1) is 4.92 Å². The van der Waals surface area contributed by atoms with Crippen LogP contribution in [0.1, 0.15) is 11.1 Å². The maximum Gasteiger partial charge on any atom is 0.274 e. The lowest BCUT2D eigenvalue weighted by molar-refractivity contribution is -0.385. The summed E-state index contributed by atoms with van der Waals surface area (Å²) in [5.41, 5.74) is 1.99. The predicted molar refractivity (Wildman–Crippen MR) is 76.6 cm³/mol.